The summed E-state index contributed by atoms with van der Waals surface area (Å²) in [5.41, 5.74) is 2.67. The average Bonchev–Trinajstić information content (AvgIpc) is 2.78. The smallest absolute Gasteiger partial charge is 0.224 e. The molecule has 4 nitrogen and oxygen atoms in total. The molecule has 0 aromatic heterocycles. The van der Waals surface area contributed by atoms with Crippen LogP contribution in [0.3, 0.4) is 0 Å². The molecule has 0 fully saturated rings. The number of hydrogen-bond donors (Lipinski definition) is 2. The van der Waals surface area contributed by atoms with Crippen LogP contribution in [0.5, 0.6) is 0 Å². The van der Waals surface area contributed by atoms with Crippen molar-refractivity contribution in [3.63, 3.8) is 0 Å². The van der Waals surface area contributed by atoms with Gasteiger partial charge >= 0.3 is 0 Å². The molecular formula is C27H38N2O2. The molecule has 168 valence electrons. The van der Waals surface area contributed by atoms with Crippen molar-refractivity contribution < 1.29 is 9.59 Å². The van der Waals surface area contributed by atoms with Crippen molar-refractivity contribution in [2.24, 2.45) is 0 Å². The van der Waals surface area contributed by atoms with Crippen molar-refractivity contribution in [3.05, 3.63) is 60.2 Å². The van der Waals surface area contributed by atoms with E-state index in [-0.39, 0.29) is 11.8 Å². The van der Waals surface area contributed by atoms with E-state index in [0.717, 1.165) is 36.2 Å². The van der Waals surface area contributed by atoms with E-state index in [2.05, 4.69) is 17.6 Å². The van der Waals surface area contributed by atoms with Crippen molar-refractivity contribution in [1.29, 1.82) is 0 Å². The Morgan fingerprint density at radius 1 is 0.613 bits per heavy atom. The fourth-order valence-electron chi connectivity index (χ4n) is 3.58. The minimum Gasteiger partial charge on any atom is -0.326 e. The van der Waals surface area contributed by atoms with Gasteiger partial charge in [0.2, 0.25) is 11.8 Å². The molecule has 0 atom stereocenters. The van der Waals surface area contributed by atoms with Crippen molar-refractivity contribution in [3.8, 4) is 0 Å². The molecule has 0 unspecified atom stereocenters. The van der Waals surface area contributed by atoms with Gasteiger partial charge in [-0.05, 0) is 42.7 Å². The molecule has 0 bridgehead atoms. The van der Waals surface area contributed by atoms with Crippen molar-refractivity contribution in [2.75, 3.05) is 10.6 Å². The SMILES string of the molecule is CCCCCCCCCCCC(=O)Nc1ccc(NC(=O)CCc2ccccc2)cc1. The summed E-state index contributed by atoms with van der Waals surface area (Å²) in [5, 5.41) is 5.85. The molecule has 0 spiro atoms. The Kier molecular flexibility index (Phi) is 12.1. The molecule has 0 aliphatic heterocycles. The number of carbonyl (C=O) groups is 2. The number of rotatable bonds is 15. The van der Waals surface area contributed by atoms with E-state index in [4.69, 9.17) is 0 Å². The van der Waals surface area contributed by atoms with E-state index < -0.39 is 0 Å². The second-order valence-corrected chi connectivity index (χ2v) is 8.24. The van der Waals surface area contributed by atoms with Gasteiger partial charge in [-0.1, -0.05) is 88.6 Å². The molecule has 0 aliphatic rings. The number of unbranched alkanes of at least 4 members (excludes halogenated alkanes) is 8. The van der Waals surface area contributed by atoms with Crippen LogP contribution in [-0.4, -0.2) is 11.8 Å². The van der Waals surface area contributed by atoms with Gasteiger partial charge in [0, 0.05) is 24.2 Å². The minimum absolute atomic E-state index is 0.00833. The summed E-state index contributed by atoms with van der Waals surface area (Å²) >= 11 is 0. The third-order valence-electron chi connectivity index (χ3n) is 5.44. The predicted molar refractivity (Wildman–Crippen MR) is 130 cm³/mol. The molecule has 2 aromatic carbocycles. The zero-order valence-corrected chi connectivity index (χ0v) is 19.0. The number of benzene rings is 2. The lowest BCUT2D eigenvalue weighted by molar-refractivity contribution is -0.117. The first-order valence-electron chi connectivity index (χ1n) is 11.9. The molecule has 0 radical (unpaired) electrons. The summed E-state index contributed by atoms with van der Waals surface area (Å²) in [7, 11) is 0. The topological polar surface area (TPSA) is 58.2 Å². The highest BCUT2D eigenvalue weighted by molar-refractivity contribution is 5.93. The van der Waals surface area contributed by atoms with E-state index in [0.29, 0.717) is 12.8 Å². The summed E-state index contributed by atoms with van der Waals surface area (Å²) < 4.78 is 0. The Labute approximate surface area is 187 Å². The molecule has 0 heterocycles. The fourth-order valence-corrected chi connectivity index (χ4v) is 3.58. The van der Waals surface area contributed by atoms with E-state index in [1.165, 1.54) is 44.9 Å². The molecule has 4 heteroatoms. The number of amides is 2. The van der Waals surface area contributed by atoms with Crippen LogP contribution in [0.15, 0.2) is 54.6 Å². The second-order valence-electron chi connectivity index (χ2n) is 8.24. The highest BCUT2D eigenvalue weighted by atomic mass is 16.2. The third-order valence-corrected chi connectivity index (χ3v) is 5.44. The Hall–Kier alpha value is -2.62. The maximum absolute atomic E-state index is 12.1. The van der Waals surface area contributed by atoms with Crippen LogP contribution < -0.4 is 10.6 Å². The largest absolute Gasteiger partial charge is 0.326 e. The van der Waals surface area contributed by atoms with Gasteiger partial charge in [0.15, 0.2) is 0 Å². The van der Waals surface area contributed by atoms with Crippen molar-refractivity contribution in [2.45, 2.75) is 84.0 Å². The molecule has 0 saturated carbocycles. The fraction of sp³-hybridized carbons (Fsp3) is 0.481. The van der Waals surface area contributed by atoms with Gasteiger partial charge in [-0.15, -0.1) is 0 Å². The molecule has 2 rings (SSSR count). The Morgan fingerprint density at radius 3 is 1.65 bits per heavy atom. The van der Waals surface area contributed by atoms with Gasteiger partial charge in [-0.2, -0.15) is 0 Å². The molecule has 31 heavy (non-hydrogen) atoms. The zero-order chi connectivity index (χ0) is 22.2. The van der Waals surface area contributed by atoms with Crippen molar-refractivity contribution in [1.82, 2.24) is 0 Å². The number of carbonyl (C=O) groups excluding carboxylic acids is 2. The lowest BCUT2D eigenvalue weighted by Gasteiger charge is -2.08. The zero-order valence-electron chi connectivity index (χ0n) is 19.0. The van der Waals surface area contributed by atoms with Crippen LogP contribution >= 0.6 is 0 Å². The van der Waals surface area contributed by atoms with E-state index in [1.807, 2.05) is 54.6 Å². The van der Waals surface area contributed by atoms with E-state index in [1.54, 1.807) is 0 Å². The Balaban J connectivity index is 1.57. The monoisotopic (exact) mass is 422 g/mol. The molecule has 2 N–H and O–H groups in total. The minimum atomic E-state index is -0.00833. The van der Waals surface area contributed by atoms with Gasteiger partial charge in [0.25, 0.3) is 0 Å². The Morgan fingerprint density at radius 2 is 1.10 bits per heavy atom. The van der Waals surface area contributed by atoms with E-state index in [9.17, 15) is 9.59 Å². The summed E-state index contributed by atoms with van der Waals surface area (Å²) in [6.07, 6.45) is 13.0. The highest BCUT2D eigenvalue weighted by Gasteiger charge is 2.05. The number of nitrogens with one attached hydrogen (secondary N) is 2. The summed E-state index contributed by atoms with van der Waals surface area (Å²) in [6.45, 7) is 2.24. The lowest BCUT2D eigenvalue weighted by atomic mass is 10.1. The summed E-state index contributed by atoms with van der Waals surface area (Å²) in [5.74, 6) is 0.0496. The first-order valence-corrected chi connectivity index (χ1v) is 11.9. The number of hydrogen-bond acceptors (Lipinski definition) is 2. The van der Waals surface area contributed by atoms with E-state index >= 15 is 0 Å². The van der Waals surface area contributed by atoms with Gasteiger partial charge < -0.3 is 10.6 Å². The lowest BCUT2D eigenvalue weighted by Crippen LogP contribution is -2.13. The first kappa shape index (κ1) is 24.6. The number of anilines is 2. The molecule has 0 aliphatic carbocycles. The molecule has 2 aromatic rings. The normalized spacial score (nSPS) is 10.6. The predicted octanol–water partition coefficient (Wildman–Crippen LogP) is 7.12. The molecular weight excluding hydrogens is 384 g/mol. The van der Waals surface area contributed by atoms with Crippen LogP contribution in [0.2, 0.25) is 0 Å². The van der Waals surface area contributed by atoms with Crippen molar-refractivity contribution >= 4 is 23.2 Å². The van der Waals surface area contributed by atoms with Gasteiger partial charge in [0.05, 0.1) is 0 Å². The molecule has 0 saturated heterocycles. The van der Waals surface area contributed by atoms with Crippen LogP contribution in [0.25, 0.3) is 0 Å². The summed E-state index contributed by atoms with van der Waals surface area (Å²) in [6, 6.07) is 17.3. The van der Waals surface area contributed by atoms with Crippen LogP contribution in [-0.2, 0) is 16.0 Å². The van der Waals surface area contributed by atoms with Gasteiger partial charge in [0.1, 0.15) is 0 Å². The maximum atomic E-state index is 12.1. The third kappa shape index (κ3) is 11.4. The number of aryl methyl sites for hydroxylation is 1. The maximum Gasteiger partial charge on any atom is 0.224 e. The van der Waals surface area contributed by atoms with Gasteiger partial charge in [-0.3, -0.25) is 9.59 Å². The van der Waals surface area contributed by atoms with Crippen LogP contribution in [0, 0.1) is 0 Å². The van der Waals surface area contributed by atoms with Crippen LogP contribution in [0.4, 0.5) is 11.4 Å². The standard InChI is InChI=1S/C27H38N2O2/c1-2-3-4-5-6-7-8-9-13-16-26(30)28-24-18-20-25(21-19-24)29-27(31)22-17-23-14-11-10-12-15-23/h10-12,14-15,18-21H,2-9,13,16-17,22H2,1H3,(H,28,30)(H,29,31). The summed E-state index contributed by atoms with van der Waals surface area (Å²) in [4.78, 5) is 24.2. The quantitative estimate of drug-likeness (QED) is 0.300. The first-order chi connectivity index (χ1) is 15.2. The molecule has 2 amide bonds. The van der Waals surface area contributed by atoms with Crippen LogP contribution in [0.1, 0.15) is 83.1 Å². The van der Waals surface area contributed by atoms with Gasteiger partial charge in [-0.25, -0.2) is 0 Å². The average molecular weight is 423 g/mol. The Bertz CT molecular complexity index is 757. The second kappa shape index (κ2) is 15.2. The highest BCUT2D eigenvalue weighted by Crippen LogP contribution is 2.16.